The number of aliphatic hydroxyl groups is 2. The van der Waals surface area contributed by atoms with Crippen LogP contribution in [0.1, 0.15) is 58.8 Å². The van der Waals surface area contributed by atoms with Crippen LogP contribution >= 0.6 is 0 Å². The molecular formula is C13H24O2. The van der Waals surface area contributed by atoms with E-state index in [1.54, 1.807) is 0 Å². The fraction of sp³-hybridized carbons (Fsp3) is 0.846. The molecule has 2 nitrogen and oxygen atoms in total. The SMILES string of the molecule is CCCCCC(O)C#CC(O)CCCC. The molecule has 0 amide bonds. The van der Waals surface area contributed by atoms with Gasteiger partial charge in [0.25, 0.3) is 0 Å². The Morgan fingerprint density at radius 2 is 1.27 bits per heavy atom. The zero-order valence-electron chi connectivity index (χ0n) is 10.00. The minimum absolute atomic E-state index is 0.562. The molecule has 0 rings (SSSR count). The minimum atomic E-state index is -0.564. The van der Waals surface area contributed by atoms with Gasteiger partial charge in [-0.25, -0.2) is 0 Å². The zero-order valence-corrected chi connectivity index (χ0v) is 10.00. The van der Waals surface area contributed by atoms with Crippen molar-refractivity contribution in [1.29, 1.82) is 0 Å². The van der Waals surface area contributed by atoms with Crippen LogP contribution in [0.5, 0.6) is 0 Å². The molecule has 0 saturated carbocycles. The zero-order chi connectivity index (χ0) is 11.5. The summed E-state index contributed by atoms with van der Waals surface area (Å²) in [6, 6.07) is 0. The van der Waals surface area contributed by atoms with Crippen molar-refractivity contribution in [3.63, 3.8) is 0 Å². The summed E-state index contributed by atoms with van der Waals surface area (Å²) in [7, 11) is 0. The summed E-state index contributed by atoms with van der Waals surface area (Å²) in [4.78, 5) is 0. The lowest BCUT2D eigenvalue weighted by Gasteiger charge is -2.03. The van der Waals surface area contributed by atoms with Crippen LogP contribution in [0.15, 0.2) is 0 Å². The monoisotopic (exact) mass is 212 g/mol. The molecule has 15 heavy (non-hydrogen) atoms. The van der Waals surface area contributed by atoms with Crippen molar-refractivity contribution in [2.24, 2.45) is 0 Å². The van der Waals surface area contributed by atoms with E-state index in [-0.39, 0.29) is 0 Å². The summed E-state index contributed by atoms with van der Waals surface area (Å²) < 4.78 is 0. The van der Waals surface area contributed by atoms with Crippen molar-refractivity contribution in [2.75, 3.05) is 0 Å². The smallest absolute Gasteiger partial charge is 0.114 e. The summed E-state index contributed by atoms with van der Waals surface area (Å²) in [5.74, 6) is 5.41. The second-order valence-corrected chi connectivity index (χ2v) is 3.96. The molecule has 0 radical (unpaired) electrons. The number of hydrogen-bond donors (Lipinski definition) is 2. The Balaban J connectivity index is 3.63. The Morgan fingerprint density at radius 3 is 1.73 bits per heavy atom. The minimum Gasteiger partial charge on any atom is -0.380 e. The van der Waals surface area contributed by atoms with Crippen LogP contribution in [0, 0.1) is 11.8 Å². The molecular weight excluding hydrogens is 188 g/mol. The van der Waals surface area contributed by atoms with E-state index in [4.69, 9.17) is 0 Å². The van der Waals surface area contributed by atoms with Gasteiger partial charge < -0.3 is 10.2 Å². The number of hydrogen-bond acceptors (Lipinski definition) is 2. The first-order valence-electron chi connectivity index (χ1n) is 6.07. The molecule has 0 bridgehead atoms. The Hall–Kier alpha value is -0.520. The van der Waals surface area contributed by atoms with Gasteiger partial charge in [-0.05, 0) is 19.3 Å². The molecule has 0 aromatic rings. The molecule has 0 aliphatic carbocycles. The Morgan fingerprint density at radius 1 is 0.800 bits per heavy atom. The van der Waals surface area contributed by atoms with Crippen molar-refractivity contribution in [1.82, 2.24) is 0 Å². The van der Waals surface area contributed by atoms with Crippen LogP contribution < -0.4 is 0 Å². The fourth-order valence-corrected chi connectivity index (χ4v) is 1.32. The molecule has 2 atom stereocenters. The molecule has 2 unspecified atom stereocenters. The van der Waals surface area contributed by atoms with Gasteiger partial charge in [-0.15, -0.1) is 0 Å². The first kappa shape index (κ1) is 14.5. The number of aliphatic hydroxyl groups excluding tert-OH is 2. The van der Waals surface area contributed by atoms with Crippen LogP contribution in [0.4, 0.5) is 0 Å². The average molecular weight is 212 g/mol. The van der Waals surface area contributed by atoms with Crippen molar-refractivity contribution >= 4 is 0 Å². The van der Waals surface area contributed by atoms with Crippen LogP contribution in [-0.2, 0) is 0 Å². The van der Waals surface area contributed by atoms with Crippen molar-refractivity contribution in [2.45, 2.75) is 71.0 Å². The summed E-state index contributed by atoms with van der Waals surface area (Å²) in [6.45, 7) is 4.21. The number of unbranched alkanes of at least 4 members (excludes halogenated alkanes) is 3. The highest BCUT2D eigenvalue weighted by Gasteiger charge is 2.00. The molecule has 0 fully saturated rings. The molecule has 0 aromatic carbocycles. The largest absolute Gasteiger partial charge is 0.380 e. The molecule has 0 spiro atoms. The third-order valence-electron chi connectivity index (χ3n) is 2.33. The maximum absolute atomic E-state index is 9.47. The highest BCUT2D eigenvalue weighted by atomic mass is 16.3. The second kappa shape index (κ2) is 10.0. The van der Waals surface area contributed by atoms with Gasteiger partial charge in [0.1, 0.15) is 12.2 Å². The predicted molar refractivity (Wildman–Crippen MR) is 63.5 cm³/mol. The van der Waals surface area contributed by atoms with Gasteiger partial charge >= 0.3 is 0 Å². The van der Waals surface area contributed by atoms with Crippen LogP contribution in [-0.4, -0.2) is 22.4 Å². The van der Waals surface area contributed by atoms with Crippen molar-refractivity contribution in [3.8, 4) is 11.8 Å². The summed E-state index contributed by atoms with van der Waals surface area (Å²) in [5, 5.41) is 18.9. The van der Waals surface area contributed by atoms with Gasteiger partial charge in [0, 0.05) is 0 Å². The van der Waals surface area contributed by atoms with Crippen molar-refractivity contribution < 1.29 is 10.2 Å². The third-order valence-corrected chi connectivity index (χ3v) is 2.33. The third kappa shape index (κ3) is 9.78. The molecule has 2 N–H and O–H groups in total. The Kier molecular flexibility index (Phi) is 9.67. The molecule has 88 valence electrons. The van der Waals surface area contributed by atoms with Crippen LogP contribution in [0.25, 0.3) is 0 Å². The fourth-order valence-electron chi connectivity index (χ4n) is 1.32. The van der Waals surface area contributed by atoms with Gasteiger partial charge in [0.15, 0.2) is 0 Å². The molecule has 0 aliphatic rings. The van der Waals surface area contributed by atoms with E-state index >= 15 is 0 Å². The van der Waals surface area contributed by atoms with E-state index in [1.807, 2.05) is 0 Å². The predicted octanol–water partition coefficient (Wildman–Crippen LogP) is 2.48. The first-order chi connectivity index (χ1) is 7.20. The number of rotatable bonds is 7. The maximum atomic E-state index is 9.47. The van der Waals surface area contributed by atoms with Gasteiger partial charge in [-0.1, -0.05) is 51.4 Å². The summed E-state index contributed by atoms with van der Waals surface area (Å²) in [6.07, 6.45) is 5.67. The van der Waals surface area contributed by atoms with Gasteiger partial charge in [-0.2, -0.15) is 0 Å². The average Bonchev–Trinajstić information content (AvgIpc) is 2.24. The van der Waals surface area contributed by atoms with Crippen molar-refractivity contribution in [3.05, 3.63) is 0 Å². The van der Waals surface area contributed by atoms with E-state index in [0.29, 0.717) is 6.42 Å². The highest BCUT2D eigenvalue weighted by Crippen LogP contribution is 2.03. The summed E-state index contributed by atoms with van der Waals surface area (Å²) in [5.41, 5.74) is 0. The van der Waals surface area contributed by atoms with E-state index < -0.39 is 12.2 Å². The molecule has 0 aromatic heterocycles. The quantitative estimate of drug-likeness (QED) is 0.503. The maximum Gasteiger partial charge on any atom is 0.114 e. The normalized spacial score (nSPS) is 14.1. The summed E-state index contributed by atoms with van der Waals surface area (Å²) >= 11 is 0. The molecule has 0 saturated heterocycles. The van der Waals surface area contributed by atoms with Gasteiger partial charge in [0.05, 0.1) is 0 Å². The lowest BCUT2D eigenvalue weighted by atomic mass is 10.1. The second-order valence-electron chi connectivity index (χ2n) is 3.96. The van der Waals surface area contributed by atoms with E-state index in [0.717, 1.165) is 38.5 Å². The first-order valence-corrected chi connectivity index (χ1v) is 6.07. The topological polar surface area (TPSA) is 40.5 Å². The Labute approximate surface area is 93.7 Å². The van der Waals surface area contributed by atoms with Gasteiger partial charge in [-0.3, -0.25) is 0 Å². The van der Waals surface area contributed by atoms with Gasteiger partial charge in [0.2, 0.25) is 0 Å². The Bertz CT molecular complexity index is 190. The molecule has 0 aliphatic heterocycles. The standard InChI is InChI=1S/C13H24O2/c1-3-5-7-9-13(15)11-10-12(14)8-6-4-2/h12-15H,3-9H2,1-2H3. The van der Waals surface area contributed by atoms with E-state index in [9.17, 15) is 10.2 Å². The lowest BCUT2D eigenvalue weighted by Crippen LogP contribution is -2.07. The molecule has 2 heteroatoms. The van der Waals surface area contributed by atoms with E-state index in [1.165, 1.54) is 0 Å². The molecule has 0 heterocycles. The lowest BCUT2D eigenvalue weighted by molar-refractivity contribution is 0.207. The van der Waals surface area contributed by atoms with E-state index in [2.05, 4.69) is 25.7 Å². The van der Waals surface area contributed by atoms with Crippen LogP contribution in [0.3, 0.4) is 0 Å². The van der Waals surface area contributed by atoms with Crippen LogP contribution in [0.2, 0.25) is 0 Å². The highest BCUT2D eigenvalue weighted by molar-refractivity contribution is 5.08.